The zero-order chi connectivity index (χ0) is 18.7. The van der Waals surface area contributed by atoms with E-state index in [0.29, 0.717) is 34.5 Å². The molecule has 1 aliphatic rings. The molecule has 9 heteroatoms. The van der Waals surface area contributed by atoms with Gasteiger partial charge in [-0.15, -0.1) is 0 Å². The van der Waals surface area contributed by atoms with Crippen LogP contribution in [0.25, 0.3) is 0 Å². The van der Waals surface area contributed by atoms with E-state index in [4.69, 9.17) is 23.2 Å². The lowest BCUT2D eigenvalue weighted by atomic mass is 10.1. The Morgan fingerprint density at radius 3 is 2.50 bits per heavy atom. The van der Waals surface area contributed by atoms with Gasteiger partial charge in [0.2, 0.25) is 0 Å². The Balaban J connectivity index is 1.85. The highest BCUT2D eigenvalue weighted by Gasteiger charge is 2.23. The van der Waals surface area contributed by atoms with Crippen LogP contribution in [0.4, 0.5) is 17.1 Å². The van der Waals surface area contributed by atoms with Crippen molar-refractivity contribution in [1.29, 1.82) is 0 Å². The monoisotopic (exact) mass is 394 g/mol. The second kappa shape index (κ2) is 7.90. The predicted molar refractivity (Wildman–Crippen MR) is 103 cm³/mol. The average Bonchev–Trinajstić information content (AvgIpc) is 2.65. The molecule has 2 aromatic rings. The molecule has 0 aliphatic carbocycles. The Hall–Kier alpha value is -2.35. The number of nitro benzene ring substituents is 1. The lowest BCUT2D eigenvalue weighted by molar-refractivity contribution is -0.384. The molecule has 136 valence electrons. The summed E-state index contributed by atoms with van der Waals surface area (Å²) in [5, 5.41) is 18.0. The molecule has 1 fully saturated rings. The van der Waals surface area contributed by atoms with Crippen LogP contribution in [0.5, 0.6) is 0 Å². The molecule has 7 nitrogen and oxygen atoms in total. The van der Waals surface area contributed by atoms with Gasteiger partial charge in [-0.3, -0.25) is 14.9 Å². The van der Waals surface area contributed by atoms with Crippen molar-refractivity contribution in [3.8, 4) is 0 Å². The van der Waals surface area contributed by atoms with E-state index in [1.165, 1.54) is 12.1 Å². The van der Waals surface area contributed by atoms with Crippen LogP contribution in [0.2, 0.25) is 10.0 Å². The number of amides is 1. The van der Waals surface area contributed by atoms with E-state index in [1.807, 2.05) is 4.90 Å². The third-order valence-corrected chi connectivity index (χ3v) is 4.81. The highest BCUT2D eigenvalue weighted by Crippen LogP contribution is 2.30. The van der Waals surface area contributed by atoms with Crippen molar-refractivity contribution in [2.45, 2.75) is 0 Å². The van der Waals surface area contributed by atoms with Gasteiger partial charge in [-0.1, -0.05) is 23.2 Å². The molecule has 1 amide bonds. The molecule has 0 spiro atoms. The highest BCUT2D eigenvalue weighted by molar-refractivity contribution is 6.42. The first-order chi connectivity index (χ1) is 12.5. The second-order valence-electron chi connectivity index (χ2n) is 5.78. The molecule has 1 heterocycles. The Bertz CT molecular complexity index is 854. The minimum absolute atomic E-state index is 0.0892. The summed E-state index contributed by atoms with van der Waals surface area (Å²) in [6, 6.07) is 9.19. The van der Waals surface area contributed by atoms with Crippen LogP contribution in [-0.4, -0.2) is 37.0 Å². The van der Waals surface area contributed by atoms with Crippen molar-refractivity contribution in [1.82, 2.24) is 5.32 Å². The number of hydrogen-bond donors (Lipinski definition) is 2. The first kappa shape index (κ1) is 18.4. The molecule has 26 heavy (non-hydrogen) atoms. The molecule has 1 saturated heterocycles. The van der Waals surface area contributed by atoms with Crippen molar-refractivity contribution in [3.63, 3.8) is 0 Å². The van der Waals surface area contributed by atoms with Gasteiger partial charge in [0.25, 0.3) is 11.6 Å². The molecule has 2 aromatic carbocycles. The number of halogens is 2. The summed E-state index contributed by atoms with van der Waals surface area (Å²) >= 11 is 11.8. The number of nitro groups is 1. The highest BCUT2D eigenvalue weighted by atomic mass is 35.5. The van der Waals surface area contributed by atoms with Crippen LogP contribution < -0.4 is 15.5 Å². The summed E-state index contributed by atoms with van der Waals surface area (Å²) in [5.41, 5.74) is 1.08. The zero-order valence-corrected chi connectivity index (χ0v) is 15.2. The van der Waals surface area contributed by atoms with Crippen LogP contribution in [0.3, 0.4) is 0 Å². The van der Waals surface area contributed by atoms with Crippen molar-refractivity contribution < 1.29 is 9.72 Å². The molecule has 1 aliphatic heterocycles. The van der Waals surface area contributed by atoms with Gasteiger partial charge in [-0.2, -0.15) is 0 Å². The summed E-state index contributed by atoms with van der Waals surface area (Å²) in [6.45, 7) is 2.87. The van der Waals surface area contributed by atoms with Crippen LogP contribution in [0.1, 0.15) is 10.4 Å². The fourth-order valence-corrected chi connectivity index (χ4v) is 3.06. The fraction of sp³-hybridized carbons (Fsp3) is 0.235. The maximum Gasteiger partial charge on any atom is 0.293 e. The van der Waals surface area contributed by atoms with E-state index in [0.717, 1.165) is 13.1 Å². The third kappa shape index (κ3) is 4.07. The first-order valence-electron chi connectivity index (χ1n) is 7.96. The molecule has 0 unspecified atom stereocenters. The maximum absolute atomic E-state index is 12.4. The van der Waals surface area contributed by atoms with Gasteiger partial charge in [0.1, 0.15) is 5.69 Å². The number of benzene rings is 2. The molecule has 2 N–H and O–H groups in total. The Kier molecular flexibility index (Phi) is 5.61. The minimum Gasteiger partial charge on any atom is -0.363 e. The first-order valence-corrected chi connectivity index (χ1v) is 8.72. The van der Waals surface area contributed by atoms with E-state index >= 15 is 0 Å². The van der Waals surface area contributed by atoms with Crippen LogP contribution >= 0.6 is 23.2 Å². The number of anilines is 2. The molecule has 0 aromatic heterocycles. The summed E-state index contributed by atoms with van der Waals surface area (Å²) < 4.78 is 0. The van der Waals surface area contributed by atoms with Crippen molar-refractivity contribution in [2.75, 3.05) is 36.4 Å². The number of carbonyl (C=O) groups is 1. The summed E-state index contributed by atoms with van der Waals surface area (Å²) in [6.07, 6.45) is 0. The van der Waals surface area contributed by atoms with Gasteiger partial charge in [0.05, 0.1) is 15.0 Å². The molecule has 0 saturated carbocycles. The van der Waals surface area contributed by atoms with Gasteiger partial charge in [-0.05, 0) is 30.3 Å². The normalized spacial score (nSPS) is 14.2. The average molecular weight is 395 g/mol. The van der Waals surface area contributed by atoms with Crippen LogP contribution in [-0.2, 0) is 0 Å². The SMILES string of the molecule is O=C(Nc1ccc(Cl)c(Cl)c1)c1ccc(N2CCNCC2)c([N+](=O)[O-])c1. The second-order valence-corrected chi connectivity index (χ2v) is 6.60. The van der Waals surface area contributed by atoms with Gasteiger partial charge in [-0.25, -0.2) is 0 Å². The Morgan fingerprint density at radius 2 is 1.85 bits per heavy atom. The Morgan fingerprint density at radius 1 is 1.12 bits per heavy atom. The largest absolute Gasteiger partial charge is 0.363 e. The molecular weight excluding hydrogens is 379 g/mol. The van der Waals surface area contributed by atoms with Crippen molar-refractivity contribution in [2.24, 2.45) is 0 Å². The minimum atomic E-state index is -0.465. The molecule has 3 rings (SSSR count). The van der Waals surface area contributed by atoms with Crippen molar-refractivity contribution >= 4 is 46.2 Å². The predicted octanol–water partition coefficient (Wildman–Crippen LogP) is 3.56. The molecular formula is C17H16Cl2N4O3. The quantitative estimate of drug-likeness (QED) is 0.611. The summed E-state index contributed by atoms with van der Waals surface area (Å²) in [7, 11) is 0. The van der Waals surface area contributed by atoms with Gasteiger partial charge >= 0.3 is 0 Å². The van der Waals surface area contributed by atoms with E-state index in [-0.39, 0.29) is 11.3 Å². The van der Waals surface area contributed by atoms with E-state index in [9.17, 15) is 14.9 Å². The number of piperazine rings is 1. The summed E-state index contributed by atoms with van der Waals surface area (Å²) in [5.74, 6) is -0.460. The number of nitrogens with one attached hydrogen (secondary N) is 2. The smallest absolute Gasteiger partial charge is 0.293 e. The number of carbonyl (C=O) groups excluding carboxylic acids is 1. The lowest BCUT2D eigenvalue weighted by Gasteiger charge is -2.29. The molecule has 0 radical (unpaired) electrons. The van der Waals surface area contributed by atoms with Crippen LogP contribution in [0.15, 0.2) is 36.4 Å². The fourth-order valence-electron chi connectivity index (χ4n) is 2.76. The Labute approximate surface area is 160 Å². The van der Waals surface area contributed by atoms with Gasteiger partial charge in [0, 0.05) is 43.5 Å². The number of hydrogen-bond acceptors (Lipinski definition) is 5. The van der Waals surface area contributed by atoms with E-state index in [2.05, 4.69) is 10.6 Å². The van der Waals surface area contributed by atoms with Crippen LogP contribution in [0, 0.1) is 10.1 Å². The third-order valence-electron chi connectivity index (χ3n) is 4.07. The summed E-state index contributed by atoms with van der Waals surface area (Å²) in [4.78, 5) is 25.4. The van der Waals surface area contributed by atoms with Gasteiger partial charge < -0.3 is 15.5 Å². The van der Waals surface area contributed by atoms with Crippen molar-refractivity contribution in [3.05, 3.63) is 62.1 Å². The number of rotatable bonds is 4. The van der Waals surface area contributed by atoms with E-state index in [1.54, 1.807) is 24.3 Å². The maximum atomic E-state index is 12.4. The number of nitrogens with zero attached hydrogens (tertiary/aromatic N) is 2. The molecule has 0 bridgehead atoms. The zero-order valence-electron chi connectivity index (χ0n) is 13.7. The van der Waals surface area contributed by atoms with Gasteiger partial charge in [0.15, 0.2) is 0 Å². The molecule has 0 atom stereocenters. The topological polar surface area (TPSA) is 87.5 Å². The van der Waals surface area contributed by atoms with E-state index < -0.39 is 10.8 Å². The lowest BCUT2D eigenvalue weighted by Crippen LogP contribution is -2.43. The standard InChI is InChI=1S/C17H16Cl2N4O3/c18-13-3-2-12(10-14(13)19)21-17(24)11-1-4-15(16(9-11)23(25)26)22-7-5-20-6-8-22/h1-4,9-10,20H,5-8H2,(H,21,24).